The molecule has 1 N–H and O–H groups in total. The molecule has 1 aromatic carbocycles. The number of benzene rings is 1. The maximum atomic E-state index is 12.9. The Morgan fingerprint density at radius 3 is 2.80 bits per heavy atom. The molecule has 0 aromatic heterocycles. The Balaban J connectivity index is 1.52. The molecule has 110 valence electrons. The summed E-state index contributed by atoms with van der Waals surface area (Å²) in [5.41, 5.74) is 1.42. The summed E-state index contributed by atoms with van der Waals surface area (Å²) < 4.78 is 18.8. The molecule has 1 aromatic rings. The Labute approximate surface area is 120 Å². The van der Waals surface area contributed by atoms with Gasteiger partial charge in [-0.15, -0.1) is 0 Å². The summed E-state index contributed by atoms with van der Waals surface area (Å²) >= 11 is 0. The van der Waals surface area contributed by atoms with Crippen molar-refractivity contribution in [1.29, 1.82) is 0 Å². The van der Waals surface area contributed by atoms with Crippen LogP contribution in [0.1, 0.15) is 32.3 Å². The zero-order chi connectivity index (χ0) is 14.2. The lowest BCUT2D eigenvalue weighted by atomic mass is 9.55. The van der Waals surface area contributed by atoms with Crippen molar-refractivity contribution in [3.05, 3.63) is 35.6 Å². The van der Waals surface area contributed by atoms with E-state index in [4.69, 9.17) is 4.74 Å². The van der Waals surface area contributed by atoms with Gasteiger partial charge >= 0.3 is 0 Å². The van der Waals surface area contributed by atoms with Crippen LogP contribution in [0.5, 0.6) is 0 Å². The predicted molar refractivity (Wildman–Crippen MR) is 78.1 cm³/mol. The lowest BCUT2D eigenvalue weighted by Gasteiger charge is -2.60. The highest BCUT2D eigenvalue weighted by atomic mass is 19.1. The molecule has 2 nitrogen and oxygen atoms in total. The summed E-state index contributed by atoms with van der Waals surface area (Å²) in [5.74, 6) is 0.510. The molecule has 2 fully saturated rings. The summed E-state index contributed by atoms with van der Waals surface area (Å²) in [6.45, 7) is 6.47. The highest BCUT2D eigenvalue weighted by molar-refractivity contribution is 5.17. The highest BCUT2D eigenvalue weighted by Crippen LogP contribution is 2.51. The van der Waals surface area contributed by atoms with Crippen molar-refractivity contribution >= 4 is 0 Å². The first-order valence-corrected chi connectivity index (χ1v) is 7.68. The van der Waals surface area contributed by atoms with Crippen LogP contribution in [0.25, 0.3) is 0 Å². The Morgan fingerprint density at radius 2 is 2.05 bits per heavy atom. The largest absolute Gasteiger partial charge is 0.377 e. The number of halogens is 1. The SMILES string of the molecule is CC1(C)C(NCCc2ccc(F)cc2)C2CCCOC21. The number of hydrogen-bond donors (Lipinski definition) is 1. The molecule has 3 heteroatoms. The van der Waals surface area contributed by atoms with Gasteiger partial charge in [0.15, 0.2) is 0 Å². The molecule has 20 heavy (non-hydrogen) atoms. The van der Waals surface area contributed by atoms with Crippen molar-refractivity contribution in [3.63, 3.8) is 0 Å². The van der Waals surface area contributed by atoms with Crippen LogP contribution in [0.4, 0.5) is 4.39 Å². The first kappa shape index (κ1) is 14.0. The molecular weight excluding hydrogens is 253 g/mol. The van der Waals surface area contributed by atoms with Crippen LogP contribution in [0.3, 0.4) is 0 Å². The van der Waals surface area contributed by atoms with E-state index >= 15 is 0 Å². The predicted octanol–water partition coefficient (Wildman–Crippen LogP) is 3.16. The lowest BCUT2D eigenvalue weighted by molar-refractivity contribution is -0.192. The molecule has 1 saturated carbocycles. The first-order chi connectivity index (χ1) is 9.59. The molecule has 2 aliphatic rings. The Bertz CT molecular complexity index is 457. The maximum Gasteiger partial charge on any atom is 0.123 e. The van der Waals surface area contributed by atoms with Gasteiger partial charge in [0.25, 0.3) is 0 Å². The fourth-order valence-corrected chi connectivity index (χ4v) is 3.96. The van der Waals surface area contributed by atoms with Crippen molar-refractivity contribution in [2.45, 2.75) is 45.3 Å². The van der Waals surface area contributed by atoms with Crippen LogP contribution < -0.4 is 5.32 Å². The normalized spacial score (nSPS) is 31.4. The van der Waals surface area contributed by atoms with E-state index < -0.39 is 0 Å². The van der Waals surface area contributed by atoms with Gasteiger partial charge in [0.1, 0.15) is 5.82 Å². The van der Waals surface area contributed by atoms with Gasteiger partial charge in [0.2, 0.25) is 0 Å². The van der Waals surface area contributed by atoms with E-state index in [1.807, 2.05) is 12.1 Å². The average Bonchev–Trinajstić information content (AvgIpc) is 2.45. The topological polar surface area (TPSA) is 21.3 Å². The third kappa shape index (κ3) is 2.49. The van der Waals surface area contributed by atoms with E-state index in [1.54, 1.807) is 0 Å². The van der Waals surface area contributed by atoms with Gasteiger partial charge in [0, 0.05) is 24.0 Å². The van der Waals surface area contributed by atoms with E-state index in [0.29, 0.717) is 18.1 Å². The second-order valence-corrected chi connectivity index (χ2v) is 6.73. The summed E-state index contributed by atoms with van der Waals surface area (Å²) in [7, 11) is 0. The van der Waals surface area contributed by atoms with Crippen LogP contribution in [0, 0.1) is 17.2 Å². The maximum absolute atomic E-state index is 12.9. The lowest BCUT2D eigenvalue weighted by Crippen LogP contribution is -2.69. The van der Waals surface area contributed by atoms with Gasteiger partial charge in [-0.25, -0.2) is 4.39 Å². The number of ether oxygens (including phenoxy) is 1. The Kier molecular flexibility index (Phi) is 3.83. The average molecular weight is 277 g/mol. The minimum absolute atomic E-state index is 0.163. The van der Waals surface area contributed by atoms with Gasteiger partial charge in [-0.3, -0.25) is 0 Å². The first-order valence-electron chi connectivity index (χ1n) is 7.68. The zero-order valence-corrected chi connectivity index (χ0v) is 12.4. The second kappa shape index (κ2) is 5.45. The third-order valence-corrected chi connectivity index (χ3v) is 5.02. The van der Waals surface area contributed by atoms with Gasteiger partial charge in [-0.2, -0.15) is 0 Å². The standard InChI is InChI=1S/C17H24FNO/c1-17(2)15(14-4-3-11-20-16(14)17)19-10-9-12-5-7-13(18)8-6-12/h5-8,14-16,19H,3-4,9-11H2,1-2H3. The zero-order valence-electron chi connectivity index (χ0n) is 12.4. The Hall–Kier alpha value is -0.930. The molecule has 1 heterocycles. The molecular formula is C17H24FNO. The number of fused-ring (bicyclic) bond motifs is 1. The highest BCUT2D eigenvalue weighted by Gasteiger charge is 2.57. The molecule has 1 saturated heterocycles. The monoisotopic (exact) mass is 277 g/mol. The number of nitrogens with one attached hydrogen (secondary N) is 1. The van der Waals surface area contributed by atoms with E-state index in [9.17, 15) is 4.39 Å². The molecule has 3 rings (SSSR count). The van der Waals surface area contributed by atoms with E-state index in [-0.39, 0.29) is 11.2 Å². The molecule has 0 amide bonds. The van der Waals surface area contributed by atoms with Crippen molar-refractivity contribution in [2.75, 3.05) is 13.2 Å². The van der Waals surface area contributed by atoms with Crippen LogP contribution in [0.15, 0.2) is 24.3 Å². The molecule has 1 aliphatic heterocycles. The summed E-state index contributed by atoms with van der Waals surface area (Å²) in [6, 6.07) is 7.36. The quantitative estimate of drug-likeness (QED) is 0.913. The number of hydrogen-bond acceptors (Lipinski definition) is 2. The van der Waals surface area contributed by atoms with Crippen LogP contribution in [0.2, 0.25) is 0 Å². The number of rotatable bonds is 4. The van der Waals surface area contributed by atoms with Crippen molar-refractivity contribution < 1.29 is 9.13 Å². The Morgan fingerprint density at radius 1 is 1.30 bits per heavy atom. The molecule has 3 unspecified atom stereocenters. The summed E-state index contributed by atoms with van der Waals surface area (Å²) in [5, 5.41) is 3.70. The molecule has 1 aliphatic carbocycles. The smallest absolute Gasteiger partial charge is 0.123 e. The van der Waals surface area contributed by atoms with Gasteiger partial charge in [0.05, 0.1) is 6.10 Å². The van der Waals surface area contributed by atoms with E-state index in [2.05, 4.69) is 19.2 Å². The molecule has 0 radical (unpaired) electrons. The minimum atomic E-state index is -0.163. The van der Waals surface area contributed by atoms with Gasteiger partial charge < -0.3 is 10.1 Å². The van der Waals surface area contributed by atoms with Gasteiger partial charge in [-0.1, -0.05) is 26.0 Å². The molecule has 0 spiro atoms. The molecule has 3 atom stereocenters. The minimum Gasteiger partial charge on any atom is -0.377 e. The summed E-state index contributed by atoms with van der Waals surface area (Å²) in [4.78, 5) is 0. The van der Waals surface area contributed by atoms with Gasteiger partial charge in [-0.05, 0) is 43.5 Å². The summed E-state index contributed by atoms with van der Waals surface area (Å²) in [6.07, 6.45) is 3.85. The van der Waals surface area contributed by atoms with E-state index in [1.165, 1.54) is 30.5 Å². The van der Waals surface area contributed by atoms with Crippen LogP contribution in [-0.4, -0.2) is 25.3 Å². The van der Waals surface area contributed by atoms with Crippen LogP contribution in [-0.2, 0) is 11.2 Å². The molecule has 0 bridgehead atoms. The fraction of sp³-hybridized carbons (Fsp3) is 0.647. The fourth-order valence-electron chi connectivity index (χ4n) is 3.96. The third-order valence-electron chi connectivity index (χ3n) is 5.02. The second-order valence-electron chi connectivity index (χ2n) is 6.73. The van der Waals surface area contributed by atoms with Crippen molar-refractivity contribution in [2.24, 2.45) is 11.3 Å². The van der Waals surface area contributed by atoms with E-state index in [0.717, 1.165) is 19.6 Å². The van der Waals surface area contributed by atoms with Crippen molar-refractivity contribution in [3.8, 4) is 0 Å². The van der Waals surface area contributed by atoms with Crippen molar-refractivity contribution in [1.82, 2.24) is 5.32 Å². The van der Waals surface area contributed by atoms with Crippen LogP contribution >= 0.6 is 0 Å².